The summed E-state index contributed by atoms with van der Waals surface area (Å²) in [7, 11) is 1.68. The van der Waals surface area contributed by atoms with Crippen LogP contribution >= 0.6 is 0 Å². The van der Waals surface area contributed by atoms with Gasteiger partial charge in [-0.2, -0.15) is 5.10 Å². The van der Waals surface area contributed by atoms with Crippen LogP contribution in [0.2, 0.25) is 0 Å². The van der Waals surface area contributed by atoms with Crippen molar-refractivity contribution in [3.05, 3.63) is 11.6 Å². The molecule has 0 aromatic heterocycles. The number of ether oxygens (including phenoxy) is 2. The van der Waals surface area contributed by atoms with Crippen LogP contribution in [0.3, 0.4) is 0 Å². The van der Waals surface area contributed by atoms with Gasteiger partial charge in [-0.25, -0.2) is 0 Å². The van der Waals surface area contributed by atoms with E-state index < -0.39 is 17.4 Å². The first-order chi connectivity index (χ1) is 15.0. The average Bonchev–Trinajstić information content (AvgIpc) is 3.25. The lowest BCUT2D eigenvalue weighted by molar-refractivity contribution is -0.132. The molecule has 2 saturated carbocycles. The molecule has 2 aliphatic carbocycles. The highest BCUT2D eigenvalue weighted by Crippen LogP contribution is 2.34. The number of amides is 2. The van der Waals surface area contributed by atoms with Crippen LogP contribution in [0.15, 0.2) is 16.8 Å². The summed E-state index contributed by atoms with van der Waals surface area (Å²) in [6, 6.07) is -0.208. The van der Waals surface area contributed by atoms with Gasteiger partial charge in [-0.05, 0) is 32.1 Å². The van der Waals surface area contributed by atoms with E-state index in [0.29, 0.717) is 19.4 Å². The quantitative estimate of drug-likeness (QED) is 0.107. The molecule has 3 aliphatic rings. The predicted molar refractivity (Wildman–Crippen MR) is 118 cm³/mol. The monoisotopic (exact) mass is 435 g/mol. The Kier molecular flexibility index (Phi) is 7.94. The van der Waals surface area contributed by atoms with E-state index in [9.17, 15) is 9.59 Å². The molecule has 9 nitrogen and oxygen atoms in total. The number of hydrogen-bond donors (Lipinski definition) is 4. The average molecular weight is 436 g/mol. The number of hydrazone groups is 1. The Morgan fingerprint density at radius 2 is 2.06 bits per heavy atom. The number of carbonyl (C=O) groups is 2. The molecule has 31 heavy (non-hydrogen) atoms. The van der Waals surface area contributed by atoms with E-state index in [-0.39, 0.29) is 35.6 Å². The van der Waals surface area contributed by atoms with Crippen LogP contribution in [0.25, 0.3) is 0 Å². The van der Waals surface area contributed by atoms with Crippen molar-refractivity contribution in [2.24, 2.45) is 22.6 Å². The Morgan fingerprint density at radius 1 is 1.32 bits per heavy atom. The number of fused-ring (bicyclic) bond motifs is 1. The van der Waals surface area contributed by atoms with Gasteiger partial charge in [0, 0.05) is 19.6 Å². The fraction of sp³-hybridized carbons (Fsp3) is 0.773. The Morgan fingerprint density at radius 3 is 2.71 bits per heavy atom. The lowest BCUT2D eigenvalue weighted by atomic mass is 9.77. The van der Waals surface area contributed by atoms with Gasteiger partial charge in [0.2, 0.25) is 0 Å². The van der Waals surface area contributed by atoms with Crippen molar-refractivity contribution < 1.29 is 19.1 Å². The molecule has 0 radical (unpaired) electrons. The highest BCUT2D eigenvalue weighted by Gasteiger charge is 2.46. The van der Waals surface area contributed by atoms with Crippen molar-refractivity contribution in [2.45, 2.75) is 88.5 Å². The van der Waals surface area contributed by atoms with E-state index in [1.54, 1.807) is 13.2 Å². The number of carbonyl (C=O) groups excluding carboxylic acids is 2. The summed E-state index contributed by atoms with van der Waals surface area (Å²) in [5.74, 6) is 4.79. The first kappa shape index (κ1) is 23.5. The normalized spacial score (nSPS) is 30.3. The minimum absolute atomic E-state index is 0.0149. The summed E-state index contributed by atoms with van der Waals surface area (Å²) in [5.41, 5.74) is 5.36. The van der Waals surface area contributed by atoms with Crippen LogP contribution in [0.5, 0.6) is 0 Å². The van der Waals surface area contributed by atoms with Gasteiger partial charge in [0.15, 0.2) is 0 Å². The van der Waals surface area contributed by atoms with E-state index in [1.165, 1.54) is 0 Å². The summed E-state index contributed by atoms with van der Waals surface area (Å²) in [4.78, 5) is 26.0. The minimum atomic E-state index is -0.775. The third-order valence-corrected chi connectivity index (χ3v) is 6.93. The zero-order valence-corrected chi connectivity index (χ0v) is 18.7. The van der Waals surface area contributed by atoms with Crippen LogP contribution in [0.4, 0.5) is 0 Å². The SMILES string of the molecule is CCCCCO[C@H]1C(OC)CCC2C=C(C(=O)NC3(/C(N)=N/N)CCCC3)C(=O)NC21. The molecule has 2 amide bonds. The molecule has 0 saturated heterocycles. The summed E-state index contributed by atoms with van der Waals surface area (Å²) < 4.78 is 11.8. The van der Waals surface area contributed by atoms with E-state index in [1.807, 2.05) is 0 Å². The minimum Gasteiger partial charge on any atom is -0.384 e. The Bertz CT molecular complexity index is 717. The van der Waals surface area contributed by atoms with Gasteiger partial charge in [0.05, 0.1) is 17.7 Å². The van der Waals surface area contributed by atoms with Gasteiger partial charge < -0.3 is 31.7 Å². The van der Waals surface area contributed by atoms with Gasteiger partial charge in [-0.15, -0.1) is 0 Å². The number of methoxy groups -OCH3 is 1. The molecular weight excluding hydrogens is 398 g/mol. The summed E-state index contributed by atoms with van der Waals surface area (Å²) in [6.07, 6.45) is 9.48. The number of nitrogens with two attached hydrogens (primary N) is 2. The molecule has 3 unspecified atom stereocenters. The van der Waals surface area contributed by atoms with Crippen molar-refractivity contribution in [1.29, 1.82) is 0 Å². The van der Waals surface area contributed by atoms with Crippen LogP contribution in [0, 0.1) is 5.92 Å². The number of hydrogen-bond acceptors (Lipinski definition) is 6. The Labute approximate surface area is 184 Å². The molecule has 1 aliphatic heterocycles. The molecule has 0 bridgehead atoms. The zero-order chi connectivity index (χ0) is 22.4. The summed E-state index contributed by atoms with van der Waals surface area (Å²) >= 11 is 0. The molecule has 2 fully saturated rings. The molecule has 0 spiro atoms. The molecule has 4 atom stereocenters. The predicted octanol–water partition coefficient (Wildman–Crippen LogP) is 1.07. The number of amidine groups is 1. The van der Waals surface area contributed by atoms with Crippen LogP contribution < -0.4 is 22.2 Å². The molecule has 0 aromatic carbocycles. The van der Waals surface area contributed by atoms with E-state index in [2.05, 4.69) is 22.7 Å². The molecule has 0 aromatic rings. The second kappa shape index (κ2) is 10.5. The topological polar surface area (TPSA) is 141 Å². The lowest BCUT2D eigenvalue weighted by Gasteiger charge is -2.43. The second-order valence-electron chi connectivity index (χ2n) is 8.90. The maximum absolute atomic E-state index is 13.1. The smallest absolute Gasteiger partial charge is 0.257 e. The molecule has 6 N–H and O–H groups in total. The van der Waals surface area contributed by atoms with Crippen molar-refractivity contribution in [3.63, 3.8) is 0 Å². The summed E-state index contributed by atoms with van der Waals surface area (Å²) in [5, 5.41) is 9.61. The van der Waals surface area contributed by atoms with E-state index >= 15 is 0 Å². The van der Waals surface area contributed by atoms with Crippen LogP contribution in [0.1, 0.15) is 64.7 Å². The van der Waals surface area contributed by atoms with E-state index in [0.717, 1.165) is 44.9 Å². The maximum atomic E-state index is 13.1. The van der Waals surface area contributed by atoms with Crippen molar-refractivity contribution in [1.82, 2.24) is 10.6 Å². The highest BCUT2D eigenvalue weighted by molar-refractivity contribution is 6.20. The zero-order valence-electron chi connectivity index (χ0n) is 18.7. The molecule has 174 valence electrons. The third-order valence-electron chi connectivity index (χ3n) is 6.93. The second-order valence-corrected chi connectivity index (χ2v) is 8.90. The first-order valence-electron chi connectivity index (χ1n) is 11.5. The molecule has 9 heteroatoms. The molecule has 1 heterocycles. The van der Waals surface area contributed by atoms with E-state index in [4.69, 9.17) is 21.1 Å². The number of rotatable bonds is 9. The largest absolute Gasteiger partial charge is 0.384 e. The van der Waals surface area contributed by atoms with Crippen LogP contribution in [-0.4, -0.2) is 55.2 Å². The summed E-state index contributed by atoms with van der Waals surface area (Å²) in [6.45, 7) is 2.78. The number of unbranched alkanes of at least 4 members (excludes halogenated alkanes) is 2. The van der Waals surface area contributed by atoms with Crippen LogP contribution in [-0.2, 0) is 19.1 Å². The fourth-order valence-electron chi connectivity index (χ4n) is 5.12. The van der Waals surface area contributed by atoms with Gasteiger partial charge >= 0.3 is 0 Å². The lowest BCUT2D eigenvalue weighted by Crippen LogP contribution is -2.61. The third kappa shape index (κ3) is 5.03. The van der Waals surface area contributed by atoms with Crippen molar-refractivity contribution in [2.75, 3.05) is 13.7 Å². The first-order valence-corrected chi connectivity index (χ1v) is 11.5. The maximum Gasteiger partial charge on any atom is 0.257 e. The fourth-order valence-corrected chi connectivity index (χ4v) is 5.12. The van der Waals surface area contributed by atoms with Gasteiger partial charge in [0.1, 0.15) is 17.5 Å². The Hall–Kier alpha value is -2.13. The number of nitrogens with one attached hydrogen (secondary N) is 2. The van der Waals surface area contributed by atoms with Gasteiger partial charge in [-0.3, -0.25) is 9.59 Å². The molecular formula is C22H37N5O4. The molecule has 3 rings (SSSR count). The number of nitrogens with zero attached hydrogens (tertiary/aromatic N) is 1. The standard InChI is InChI=1S/C22H37N5O4/c1-3-4-7-12-31-18-16(30-2)9-8-14-13-15(19(28)25-17(14)18)20(29)26-22(21(23)27-24)10-5-6-11-22/h13-14,16-18H,3-12,24H2,1-2H3,(H2,23,27)(H,25,28)(H,26,29)/t14?,16?,17?,18-/m0/s1. The Balaban J connectivity index is 1.74. The highest BCUT2D eigenvalue weighted by atomic mass is 16.5. The van der Waals surface area contributed by atoms with Crippen molar-refractivity contribution in [3.8, 4) is 0 Å². The van der Waals surface area contributed by atoms with Gasteiger partial charge in [0.25, 0.3) is 11.8 Å². The van der Waals surface area contributed by atoms with Gasteiger partial charge in [-0.1, -0.05) is 38.7 Å². The van der Waals surface area contributed by atoms with Crippen molar-refractivity contribution >= 4 is 17.6 Å².